The van der Waals surface area contributed by atoms with Gasteiger partial charge in [-0.15, -0.1) is 4.33 Å². The molecule has 334 valence electrons. The van der Waals surface area contributed by atoms with Crippen molar-refractivity contribution in [2.75, 3.05) is 7.11 Å². The molecule has 0 saturated heterocycles. The van der Waals surface area contributed by atoms with Crippen LogP contribution in [0.4, 0.5) is 0 Å². The van der Waals surface area contributed by atoms with E-state index in [0.29, 0.717) is 51.2 Å². The van der Waals surface area contributed by atoms with Gasteiger partial charge in [-0.3, -0.25) is 9.35 Å². The summed E-state index contributed by atoms with van der Waals surface area (Å²) in [5, 5.41) is 14.4. The van der Waals surface area contributed by atoms with Crippen LogP contribution >= 0.6 is 12.0 Å². The third-order valence-corrected chi connectivity index (χ3v) is 13.7. The predicted octanol–water partition coefficient (Wildman–Crippen LogP) is 11.7. The lowest BCUT2D eigenvalue weighted by atomic mass is 10.0. The topological polar surface area (TPSA) is 181 Å². The summed E-state index contributed by atoms with van der Waals surface area (Å²) in [4.78, 5) is 13.9. The number of ether oxygens (including phenoxy) is 4. The van der Waals surface area contributed by atoms with Crippen molar-refractivity contribution >= 4 is 48.6 Å². The van der Waals surface area contributed by atoms with Crippen molar-refractivity contribution in [3.63, 3.8) is 0 Å². The minimum absolute atomic E-state index is 0.00788. The van der Waals surface area contributed by atoms with E-state index in [0.717, 1.165) is 33.5 Å². The van der Waals surface area contributed by atoms with Crippen LogP contribution in [-0.2, 0) is 35.9 Å². The molecule has 0 heterocycles. The Morgan fingerprint density at radius 1 is 0.576 bits per heavy atom. The Labute approximate surface area is 384 Å². The zero-order valence-electron chi connectivity index (χ0n) is 35.0. The highest BCUT2D eigenvalue weighted by Crippen LogP contribution is 2.35. The lowest BCUT2D eigenvalue weighted by Crippen LogP contribution is -2.07. The van der Waals surface area contributed by atoms with Crippen LogP contribution in [0, 0.1) is 6.92 Å². The van der Waals surface area contributed by atoms with Crippen molar-refractivity contribution in [1.82, 2.24) is 0 Å². The number of ketones is 1. The number of rotatable bonds is 17. The van der Waals surface area contributed by atoms with E-state index in [1.165, 1.54) is 36.4 Å². The summed E-state index contributed by atoms with van der Waals surface area (Å²) < 4.78 is 89.3. The number of benzene rings is 8. The normalized spacial score (nSPS) is 11.6. The van der Waals surface area contributed by atoms with Gasteiger partial charge in [0.2, 0.25) is 9.84 Å². The molecule has 0 aromatic heterocycles. The van der Waals surface area contributed by atoms with Crippen LogP contribution in [-0.4, -0.2) is 39.5 Å². The summed E-state index contributed by atoms with van der Waals surface area (Å²) in [7, 11) is -6.95. The van der Waals surface area contributed by atoms with Gasteiger partial charge < -0.3 is 18.9 Å². The second kappa shape index (κ2) is 19.6. The molecule has 0 aliphatic heterocycles. The number of hydrogen-bond donors (Lipinski definition) is 2. The number of methoxy groups -OCH3 is 1. The molecule has 0 atom stereocenters. The van der Waals surface area contributed by atoms with Gasteiger partial charge in [-0.1, -0.05) is 71.3 Å². The van der Waals surface area contributed by atoms with Crippen molar-refractivity contribution < 1.29 is 59.8 Å². The molecule has 16 heteroatoms. The Hall–Kier alpha value is -7.02. The highest BCUT2D eigenvalue weighted by molar-refractivity contribution is 7.94. The van der Waals surface area contributed by atoms with Gasteiger partial charge in [-0.2, -0.15) is 8.42 Å². The first-order valence-electron chi connectivity index (χ1n) is 19.9. The summed E-state index contributed by atoms with van der Waals surface area (Å²) in [6.45, 7) is 1.90. The monoisotopic (exact) mass is 942 g/mol. The second-order valence-electron chi connectivity index (χ2n) is 14.7. The molecule has 8 aromatic carbocycles. The first-order chi connectivity index (χ1) is 31.8. The first-order valence-corrected chi connectivity index (χ1v) is 23.6. The van der Waals surface area contributed by atoms with Crippen LogP contribution in [0.5, 0.6) is 34.5 Å². The van der Waals surface area contributed by atoms with Crippen LogP contribution in [0.25, 0.3) is 21.9 Å². The van der Waals surface area contributed by atoms with E-state index >= 15 is 0 Å². The van der Waals surface area contributed by atoms with Gasteiger partial charge >= 0.3 is 0 Å². The molecular weight excluding hydrogens is 905 g/mol. The maximum absolute atomic E-state index is 13.8. The molecule has 0 amide bonds. The fourth-order valence-corrected chi connectivity index (χ4v) is 9.28. The van der Waals surface area contributed by atoms with Crippen LogP contribution in [0.15, 0.2) is 189 Å². The molecular formula is C50H38O13S3. The molecule has 0 radical (unpaired) electrons. The van der Waals surface area contributed by atoms with Crippen molar-refractivity contribution in [3.05, 3.63) is 192 Å². The van der Waals surface area contributed by atoms with Gasteiger partial charge in [-0.25, -0.2) is 13.7 Å². The molecule has 8 rings (SSSR count). The SMILES string of the molecule is COc1ccc(-c2ccc(Oc3ccc(C(=O)c4ccc(COc5ccc6cc(Oc7ccc(S(=O)(=O)c8ccc(C)cc8)cc7)ccc6c5)c(SOOO)c4)cc3S(=O)(=O)O)cc2)cc1. The first kappa shape index (κ1) is 45.5. The molecule has 13 nitrogen and oxygen atoms in total. The molecule has 2 N–H and O–H groups in total. The molecule has 0 aliphatic rings. The van der Waals surface area contributed by atoms with E-state index in [-0.39, 0.29) is 33.3 Å². The van der Waals surface area contributed by atoms with Crippen molar-refractivity contribution in [2.45, 2.75) is 33.1 Å². The molecule has 0 saturated carbocycles. The summed E-state index contributed by atoms with van der Waals surface area (Å²) in [6, 6.07) is 46.5. The minimum Gasteiger partial charge on any atom is -0.497 e. The third-order valence-electron chi connectivity index (χ3n) is 10.4. The van der Waals surface area contributed by atoms with Crippen molar-refractivity contribution in [1.29, 1.82) is 0 Å². The predicted molar refractivity (Wildman–Crippen MR) is 247 cm³/mol. The highest BCUT2D eigenvalue weighted by atomic mass is 32.2. The fourth-order valence-electron chi connectivity index (χ4n) is 6.86. The van der Waals surface area contributed by atoms with E-state index in [1.807, 2.05) is 55.5 Å². The van der Waals surface area contributed by atoms with E-state index in [4.69, 9.17) is 28.5 Å². The number of fused-ring (bicyclic) bond motifs is 1. The minimum atomic E-state index is -4.85. The molecule has 0 fully saturated rings. The Morgan fingerprint density at radius 2 is 1.11 bits per heavy atom. The standard InChI is InChI=1S/C50H38O13S3/c1-32-3-22-45(23-4-32)65(53,54)46-24-20-41(21-25-46)60-44-19-12-35-27-43(18-11-36(35)28-44)59-31-39-6-5-37(29-48(39)64-63-62-52)50(51)38-13-26-47(49(30-38)66(55,56)57)61-42-16-9-34(10-17-42)33-7-14-40(58-2)15-8-33/h3-30,52H,31H2,1-2H3,(H,55,56,57). The number of carbonyl (C=O) groups excluding carboxylic acids is 1. The van der Waals surface area contributed by atoms with Crippen LogP contribution in [0.2, 0.25) is 0 Å². The smallest absolute Gasteiger partial charge is 0.298 e. The Balaban J connectivity index is 0.936. The number of carbonyl (C=O) groups is 1. The maximum Gasteiger partial charge on any atom is 0.298 e. The quantitative estimate of drug-likeness (QED) is 0.0289. The van der Waals surface area contributed by atoms with Gasteiger partial charge in [-0.05, 0) is 138 Å². The number of aryl methyl sites for hydroxylation is 1. The Kier molecular flexibility index (Phi) is 13.5. The summed E-state index contributed by atoms with van der Waals surface area (Å²) in [5.74, 6) is 1.75. The van der Waals surface area contributed by atoms with E-state index in [1.54, 1.807) is 86.0 Å². The molecule has 0 spiro atoms. The largest absolute Gasteiger partial charge is 0.497 e. The molecule has 66 heavy (non-hydrogen) atoms. The van der Waals surface area contributed by atoms with Crippen LogP contribution < -0.4 is 18.9 Å². The zero-order chi connectivity index (χ0) is 46.4. The molecule has 0 unspecified atom stereocenters. The zero-order valence-corrected chi connectivity index (χ0v) is 37.4. The fraction of sp³-hybridized carbons (Fsp3) is 0.0600. The lowest BCUT2D eigenvalue weighted by Gasteiger charge is -2.13. The third kappa shape index (κ3) is 10.6. The summed E-state index contributed by atoms with van der Waals surface area (Å²) >= 11 is 0.617. The van der Waals surface area contributed by atoms with Crippen molar-refractivity contribution in [2.24, 2.45) is 0 Å². The van der Waals surface area contributed by atoms with E-state index in [9.17, 15) is 26.2 Å². The Bertz CT molecular complexity index is 3270. The van der Waals surface area contributed by atoms with Gasteiger partial charge in [0.05, 0.1) is 28.9 Å². The maximum atomic E-state index is 13.8. The highest BCUT2D eigenvalue weighted by Gasteiger charge is 2.23. The van der Waals surface area contributed by atoms with E-state index in [2.05, 4.69) is 5.04 Å². The molecule has 8 aromatic rings. The van der Waals surface area contributed by atoms with E-state index < -0.39 is 30.6 Å². The second-order valence-corrected chi connectivity index (χ2v) is 18.8. The van der Waals surface area contributed by atoms with Gasteiger partial charge in [0.1, 0.15) is 46.0 Å². The van der Waals surface area contributed by atoms with Crippen molar-refractivity contribution in [3.8, 4) is 45.6 Å². The van der Waals surface area contributed by atoms with Crippen LogP contribution in [0.3, 0.4) is 0 Å². The lowest BCUT2D eigenvalue weighted by molar-refractivity contribution is -0.432. The summed E-state index contributed by atoms with van der Waals surface area (Å²) in [5.41, 5.74) is 3.38. The molecule has 0 bridgehead atoms. The van der Waals surface area contributed by atoms with Crippen LogP contribution in [0.1, 0.15) is 27.0 Å². The van der Waals surface area contributed by atoms with Gasteiger partial charge in [0, 0.05) is 21.6 Å². The average molecular weight is 943 g/mol. The summed E-state index contributed by atoms with van der Waals surface area (Å²) in [6.07, 6.45) is 0. The number of sulfone groups is 1. The average Bonchev–Trinajstić information content (AvgIpc) is 3.33. The Morgan fingerprint density at radius 3 is 1.73 bits per heavy atom. The van der Waals surface area contributed by atoms with Gasteiger partial charge in [0.25, 0.3) is 10.1 Å². The number of hydrogen-bond acceptors (Lipinski definition) is 13. The van der Waals surface area contributed by atoms with Gasteiger partial charge in [0.15, 0.2) is 5.78 Å². The molecule has 0 aliphatic carbocycles.